The number of halogens is 3. The van der Waals surface area contributed by atoms with Crippen molar-refractivity contribution in [3.63, 3.8) is 0 Å². The Bertz CT molecular complexity index is 474. The van der Waals surface area contributed by atoms with Crippen LogP contribution in [0.3, 0.4) is 0 Å². The lowest BCUT2D eigenvalue weighted by Crippen LogP contribution is -2.48. The number of hydrogen-bond acceptors (Lipinski definition) is 5. The molecule has 24 heavy (non-hydrogen) atoms. The van der Waals surface area contributed by atoms with Gasteiger partial charge in [0.25, 0.3) is 0 Å². The van der Waals surface area contributed by atoms with E-state index < -0.39 is 13.0 Å². The highest BCUT2D eigenvalue weighted by Gasteiger charge is 2.28. The minimum absolute atomic E-state index is 0.136. The Morgan fingerprint density at radius 1 is 1.04 bits per heavy atom. The molecule has 1 heterocycles. The first-order valence-corrected chi connectivity index (χ1v) is 8.03. The van der Waals surface area contributed by atoms with Crippen molar-refractivity contribution >= 4 is 5.69 Å². The van der Waals surface area contributed by atoms with Crippen LogP contribution in [0.25, 0.3) is 0 Å². The summed E-state index contributed by atoms with van der Waals surface area (Å²) in [5.74, 6) is 0.539. The SMILES string of the molecule is CNCCN1CCN(c2ccc(OCCOC(F)(F)F)cc2)CC1. The Kier molecular flexibility index (Phi) is 7.14. The molecule has 2 rings (SSSR count). The molecule has 0 amide bonds. The third-order valence-corrected chi connectivity index (χ3v) is 3.87. The summed E-state index contributed by atoms with van der Waals surface area (Å²) < 4.78 is 44.5. The number of hydrogen-bond donors (Lipinski definition) is 1. The number of piperazine rings is 1. The summed E-state index contributed by atoms with van der Waals surface area (Å²) in [4.78, 5) is 4.72. The van der Waals surface area contributed by atoms with E-state index in [0.29, 0.717) is 5.75 Å². The van der Waals surface area contributed by atoms with E-state index in [9.17, 15) is 13.2 Å². The predicted molar refractivity (Wildman–Crippen MR) is 86.5 cm³/mol. The molecule has 1 aromatic rings. The van der Waals surface area contributed by atoms with Crippen LogP contribution in [0.1, 0.15) is 0 Å². The lowest BCUT2D eigenvalue weighted by Gasteiger charge is -2.36. The zero-order valence-corrected chi connectivity index (χ0v) is 13.8. The number of likely N-dealkylation sites (N-methyl/N-ethyl adjacent to an activating group) is 1. The van der Waals surface area contributed by atoms with Gasteiger partial charge in [0.2, 0.25) is 0 Å². The second-order valence-electron chi connectivity index (χ2n) is 5.57. The fourth-order valence-corrected chi connectivity index (χ4v) is 2.57. The summed E-state index contributed by atoms with van der Waals surface area (Å²) in [6.07, 6.45) is -4.61. The molecule has 0 unspecified atom stereocenters. The quantitative estimate of drug-likeness (QED) is 0.728. The number of ether oxygens (including phenoxy) is 2. The molecular weight excluding hydrogens is 323 g/mol. The van der Waals surface area contributed by atoms with Crippen molar-refractivity contribution in [3.05, 3.63) is 24.3 Å². The van der Waals surface area contributed by atoms with E-state index in [0.717, 1.165) is 45.0 Å². The minimum Gasteiger partial charge on any atom is -0.491 e. The second kappa shape index (κ2) is 9.10. The average molecular weight is 347 g/mol. The van der Waals surface area contributed by atoms with Gasteiger partial charge in [0, 0.05) is 45.0 Å². The molecule has 136 valence electrons. The number of nitrogens with one attached hydrogen (secondary N) is 1. The third kappa shape index (κ3) is 6.54. The van der Waals surface area contributed by atoms with Crippen LogP contribution in [0.15, 0.2) is 24.3 Å². The third-order valence-electron chi connectivity index (χ3n) is 3.87. The largest absolute Gasteiger partial charge is 0.522 e. The highest BCUT2D eigenvalue weighted by molar-refractivity contribution is 5.49. The first-order valence-electron chi connectivity index (χ1n) is 8.03. The topological polar surface area (TPSA) is 37.0 Å². The molecule has 0 aliphatic carbocycles. The van der Waals surface area contributed by atoms with Gasteiger partial charge in [-0.05, 0) is 31.3 Å². The minimum atomic E-state index is -4.61. The summed E-state index contributed by atoms with van der Waals surface area (Å²) in [7, 11) is 1.95. The van der Waals surface area contributed by atoms with E-state index in [1.165, 1.54) is 0 Å². The van der Waals surface area contributed by atoms with E-state index in [1.807, 2.05) is 19.2 Å². The van der Waals surface area contributed by atoms with E-state index in [-0.39, 0.29) is 6.61 Å². The molecule has 1 fully saturated rings. The van der Waals surface area contributed by atoms with Crippen LogP contribution in [0.5, 0.6) is 5.75 Å². The molecule has 0 atom stereocenters. The second-order valence-corrected chi connectivity index (χ2v) is 5.57. The average Bonchev–Trinajstić information content (AvgIpc) is 2.57. The number of anilines is 1. The van der Waals surface area contributed by atoms with Gasteiger partial charge in [-0.3, -0.25) is 9.64 Å². The van der Waals surface area contributed by atoms with Crippen LogP contribution in [0, 0.1) is 0 Å². The van der Waals surface area contributed by atoms with Crippen LogP contribution < -0.4 is 15.0 Å². The standard InChI is InChI=1S/C16H24F3N3O2/c1-20-6-7-21-8-10-22(11-9-21)14-2-4-15(5-3-14)23-12-13-24-16(17,18)19/h2-5,20H,6-13H2,1H3. The van der Waals surface area contributed by atoms with E-state index in [2.05, 4.69) is 19.9 Å². The van der Waals surface area contributed by atoms with Crippen molar-refractivity contribution < 1.29 is 22.6 Å². The van der Waals surface area contributed by atoms with Gasteiger partial charge in [0.1, 0.15) is 12.4 Å². The molecule has 8 heteroatoms. The number of benzene rings is 1. The summed E-state index contributed by atoms with van der Waals surface area (Å²) in [5, 5.41) is 3.15. The molecule has 0 bridgehead atoms. The van der Waals surface area contributed by atoms with Crippen molar-refractivity contribution in [1.29, 1.82) is 0 Å². The van der Waals surface area contributed by atoms with Crippen LogP contribution >= 0.6 is 0 Å². The molecule has 0 saturated carbocycles. The first kappa shape index (κ1) is 18.8. The molecule has 5 nitrogen and oxygen atoms in total. The van der Waals surface area contributed by atoms with E-state index >= 15 is 0 Å². The molecule has 1 saturated heterocycles. The predicted octanol–water partition coefficient (Wildman–Crippen LogP) is 1.94. The number of alkyl halides is 3. The highest BCUT2D eigenvalue weighted by atomic mass is 19.4. The summed E-state index contributed by atoms with van der Waals surface area (Å²) >= 11 is 0. The summed E-state index contributed by atoms with van der Waals surface area (Å²) in [6.45, 7) is 5.36. The molecule has 1 N–H and O–H groups in total. The monoisotopic (exact) mass is 347 g/mol. The van der Waals surface area contributed by atoms with Crippen molar-refractivity contribution in [1.82, 2.24) is 10.2 Å². The number of rotatable bonds is 8. The van der Waals surface area contributed by atoms with Crippen LogP contribution in [0.2, 0.25) is 0 Å². The van der Waals surface area contributed by atoms with Crippen LogP contribution in [-0.2, 0) is 4.74 Å². The zero-order valence-electron chi connectivity index (χ0n) is 13.8. The van der Waals surface area contributed by atoms with Crippen molar-refractivity contribution in [2.45, 2.75) is 6.36 Å². The van der Waals surface area contributed by atoms with Gasteiger partial charge in [-0.25, -0.2) is 0 Å². The fourth-order valence-electron chi connectivity index (χ4n) is 2.57. The lowest BCUT2D eigenvalue weighted by molar-refractivity contribution is -0.325. The smallest absolute Gasteiger partial charge is 0.491 e. The maximum Gasteiger partial charge on any atom is 0.522 e. The highest BCUT2D eigenvalue weighted by Crippen LogP contribution is 2.21. The van der Waals surface area contributed by atoms with Crippen molar-refractivity contribution in [2.24, 2.45) is 0 Å². The normalized spacial score (nSPS) is 16.4. The van der Waals surface area contributed by atoms with E-state index in [1.54, 1.807) is 12.1 Å². The number of nitrogens with zero attached hydrogens (tertiary/aromatic N) is 2. The van der Waals surface area contributed by atoms with Gasteiger partial charge >= 0.3 is 6.36 Å². The van der Waals surface area contributed by atoms with Gasteiger partial charge in [0.05, 0.1) is 6.61 Å². The maximum absolute atomic E-state index is 11.8. The molecule has 1 aliphatic heterocycles. The van der Waals surface area contributed by atoms with Crippen LogP contribution in [0.4, 0.5) is 18.9 Å². The van der Waals surface area contributed by atoms with E-state index in [4.69, 9.17) is 4.74 Å². The van der Waals surface area contributed by atoms with Gasteiger partial charge < -0.3 is 15.0 Å². The maximum atomic E-state index is 11.8. The zero-order chi connectivity index (χ0) is 17.4. The Labute approximate surface area is 140 Å². The molecule has 0 spiro atoms. The van der Waals surface area contributed by atoms with Gasteiger partial charge in [-0.2, -0.15) is 0 Å². The van der Waals surface area contributed by atoms with Gasteiger partial charge in [0.15, 0.2) is 0 Å². The fraction of sp³-hybridized carbons (Fsp3) is 0.625. The summed E-state index contributed by atoms with van der Waals surface area (Å²) in [5.41, 5.74) is 1.10. The van der Waals surface area contributed by atoms with Crippen LogP contribution in [-0.4, -0.2) is 70.8 Å². The van der Waals surface area contributed by atoms with Crippen molar-refractivity contribution in [3.8, 4) is 5.75 Å². The Balaban J connectivity index is 1.72. The molecule has 1 aromatic carbocycles. The Hall–Kier alpha value is -1.51. The Morgan fingerprint density at radius 2 is 1.71 bits per heavy atom. The summed E-state index contributed by atoms with van der Waals surface area (Å²) in [6, 6.07) is 7.42. The first-order chi connectivity index (χ1) is 11.5. The Morgan fingerprint density at radius 3 is 2.29 bits per heavy atom. The van der Waals surface area contributed by atoms with Gasteiger partial charge in [-0.15, -0.1) is 13.2 Å². The molecule has 0 radical (unpaired) electrons. The molecule has 1 aliphatic rings. The molecular formula is C16H24F3N3O2. The van der Waals surface area contributed by atoms with Crippen molar-refractivity contribution in [2.75, 3.05) is 64.4 Å². The molecule has 0 aromatic heterocycles. The lowest BCUT2D eigenvalue weighted by atomic mass is 10.2. The van der Waals surface area contributed by atoms with Gasteiger partial charge in [-0.1, -0.05) is 0 Å².